The Kier molecular flexibility index (Phi) is 5.77. The summed E-state index contributed by atoms with van der Waals surface area (Å²) in [7, 11) is 0. The first-order valence-corrected chi connectivity index (χ1v) is 11.4. The molecule has 5 heteroatoms. The van der Waals surface area contributed by atoms with Crippen molar-refractivity contribution < 1.29 is 4.74 Å². The van der Waals surface area contributed by atoms with Crippen LogP contribution in [0.15, 0.2) is 36.7 Å². The lowest BCUT2D eigenvalue weighted by Crippen LogP contribution is -2.51. The van der Waals surface area contributed by atoms with Crippen LogP contribution in [0.4, 0.5) is 0 Å². The molecule has 1 aliphatic heterocycles. The van der Waals surface area contributed by atoms with Crippen molar-refractivity contribution in [3.8, 4) is 11.8 Å². The molecule has 0 amide bonds. The Labute approximate surface area is 174 Å². The maximum absolute atomic E-state index is 5.86. The number of hydrogen-bond acceptors (Lipinski definition) is 5. The summed E-state index contributed by atoms with van der Waals surface area (Å²) in [5.74, 6) is 0.845. The summed E-state index contributed by atoms with van der Waals surface area (Å²) in [5.41, 5.74) is 2.94. The smallest absolute Gasteiger partial charge is 0.321 e. The average Bonchev–Trinajstić information content (AvgIpc) is 2.80. The fourth-order valence-corrected chi connectivity index (χ4v) is 5.51. The largest absolute Gasteiger partial charge is 0.424 e. The minimum atomic E-state index is 0.415. The molecule has 2 fully saturated rings. The van der Waals surface area contributed by atoms with Crippen molar-refractivity contribution in [3.05, 3.63) is 47.8 Å². The number of piperazine rings is 1. The van der Waals surface area contributed by atoms with Gasteiger partial charge in [-0.25, -0.2) is 9.97 Å². The maximum atomic E-state index is 5.86. The van der Waals surface area contributed by atoms with Crippen LogP contribution in [-0.4, -0.2) is 52.0 Å². The van der Waals surface area contributed by atoms with Crippen LogP contribution in [-0.2, 0) is 6.42 Å². The third-order valence-corrected chi connectivity index (χ3v) is 7.03. The van der Waals surface area contributed by atoms with E-state index in [9.17, 15) is 0 Å². The molecule has 0 N–H and O–H groups in total. The number of ether oxygens (including phenoxy) is 1. The van der Waals surface area contributed by atoms with Gasteiger partial charge in [-0.1, -0.05) is 25.3 Å². The molecule has 1 aromatic carbocycles. The van der Waals surface area contributed by atoms with Crippen LogP contribution in [0.5, 0.6) is 11.8 Å². The van der Waals surface area contributed by atoms with Gasteiger partial charge in [-0.2, -0.15) is 0 Å². The summed E-state index contributed by atoms with van der Waals surface area (Å²) in [4.78, 5) is 13.9. The zero-order valence-corrected chi connectivity index (χ0v) is 17.3. The van der Waals surface area contributed by atoms with Gasteiger partial charge in [0.1, 0.15) is 5.75 Å². The second-order valence-electron chi connectivity index (χ2n) is 8.77. The van der Waals surface area contributed by atoms with E-state index in [0.717, 1.165) is 18.2 Å². The van der Waals surface area contributed by atoms with Crippen LogP contribution >= 0.6 is 0 Å². The molecular weight excluding hydrogens is 360 g/mol. The quantitative estimate of drug-likeness (QED) is 0.761. The Morgan fingerprint density at radius 2 is 1.59 bits per heavy atom. The fraction of sp³-hybridized carbons (Fsp3) is 0.583. The number of fused-ring (bicyclic) bond motifs is 1. The normalized spacial score (nSPS) is 24.2. The van der Waals surface area contributed by atoms with E-state index in [2.05, 4.69) is 38.0 Å². The fourth-order valence-electron chi connectivity index (χ4n) is 5.51. The van der Waals surface area contributed by atoms with Gasteiger partial charge in [-0.05, 0) is 61.4 Å². The minimum absolute atomic E-state index is 0.415. The van der Waals surface area contributed by atoms with Gasteiger partial charge >= 0.3 is 6.01 Å². The van der Waals surface area contributed by atoms with Gasteiger partial charge in [0.15, 0.2) is 0 Å². The van der Waals surface area contributed by atoms with Crippen molar-refractivity contribution >= 4 is 0 Å². The molecular formula is C24H32N4O. The molecule has 2 heterocycles. The second kappa shape index (κ2) is 8.80. The molecule has 1 saturated carbocycles. The molecule has 2 aromatic rings. The van der Waals surface area contributed by atoms with Crippen LogP contribution in [0.25, 0.3) is 0 Å². The predicted molar refractivity (Wildman–Crippen MR) is 114 cm³/mol. The van der Waals surface area contributed by atoms with Gasteiger partial charge in [0.2, 0.25) is 0 Å². The minimum Gasteiger partial charge on any atom is -0.424 e. The number of aromatic nitrogens is 2. The van der Waals surface area contributed by atoms with Gasteiger partial charge < -0.3 is 4.74 Å². The van der Waals surface area contributed by atoms with Gasteiger partial charge in [0, 0.05) is 50.7 Å². The van der Waals surface area contributed by atoms with Crippen LogP contribution < -0.4 is 4.74 Å². The Bertz CT molecular complexity index is 798. The monoisotopic (exact) mass is 392 g/mol. The van der Waals surface area contributed by atoms with E-state index in [1.165, 1.54) is 82.3 Å². The highest BCUT2D eigenvalue weighted by Gasteiger charge is 2.31. The van der Waals surface area contributed by atoms with E-state index in [1.807, 2.05) is 0 Å². The lowest BCUT2D eigenvalue weighted by atomic mass is 9.86. The van der Waals surface area contributed by atoms with Crippen molar-refractivity contribution in [2.75, 3.05) is 26.2 Å². The lowest BCUT2D eigenvalue weighted by Gasteiger charge is -2.44. The Hall–Kier alpha value is -1.98. The third kappa shape index (κ3) is 4.31. The summed E-state index contributed by atoms with van der Waals surface area (Å²) in [5, 5.41) is 0. The first-order valence-electron chi connectivity index (χ1n) is 11.4. The van der Waals surface area contributed by atoms with E-state index >= 15 is 0 Å². The number of benzene rings is 1. The predicted octanol–water partition coefficient (Wildman–Crippen LogP) is 4.60. The van der Waals surface area contributed by atoms with E-state index in [-0.39, 0.29) is 0 Å². The number of rotatable bonds is 4. The number of aryl methyl sites for hydroxylation is 1. The highest BCUT2D eigenvalue weighted by atomic mass is 16.5. The molecule has 2 aliphatic carbocycles. The molecule has 3 aliphatic rings. The molecule has 5 nitrogen and oxygen atoms in total. The topological polar surface area (TPSA) is 41.5 Å². The molecule has 5 rings (SSSR count). The van der Waals surface area contributed by atoms with E-state index in [4.69, 9.17) is 4.74 Å². The van der Waals surface area contributed by atoms with Crippen LogP contribution in [0, 0.1) is 0 Å². The number of hydrogen-bond donors (Lipinski definition) is 0. The summed E-state index contributed by atoms with van der Waals surface area (Å²) in [6, 6.07) is 10.2. The molecule has 1 aromatic heterocycles. The van der Waals surface area contributed by atoms with Crippen molar-refractivity contribution in [2.45, 2.75) is 63.5 Å². The Morgan fingerprint density at radius 1 is 0.828 bits per heavy atom. The van der Waals surface area contributed by atoms with Crippen LogP contribution in [0.1, 0.15) is 62.1 Å². The van der Waals surface area contributed by atoms with E-state index in [0.29, 0.717) is 12.1 Å². The van der Waals surface area contributed by atoms with Gasteiger partial charge in [-0.3, -0.25) is 9.80 Å². The first kappa shape index (κ1) is 19.0. The summed E-state index contributed by atoms with van der Waals surface area (Å²) in [6.07, 6.45) is 14.2. The Balaban J connectivity index is 1.25. The summed E-state index contributed by atoms with van der Waals surface area (Å²) < 4.78 is 5.86. The van der Waals surface area contributed by atoms with E-state index < -0.39 is 0 Å². The van der Waals surface area contributed by atoms with Crippen molar-refractivity contribution in [3.63, 3.8) is 0 Å². The highest BCUT2D eigenvalue weighted by Crippen LogP contribution is 2.37. The molecule has 29 heavy (non-hydrogen) atoms. The summed E-state index contributed by atoms with van der Waals surface area (Å²) >= 11 is 0. The second-order valence-corrected chi connectivity index (χ2v) is 8.77. The van der Waals surface area contributed by atoms with E-state index in [1.54, 1.807) is 18.5 Å². The van der Waals surface area contributed by atoms with Gasteiger partial charge in [0.05, 0.1) is 0 Å². The zero-order valence-electron chi connectivity index (χ0n) is 17.3. The zero-order chi connectivity index (χ0) is 19.5. The van der Waals surface area contributed by atoms with Crippen molar-refractivity contribution in [1.29, 1.82) is 0 Å². The van der Waals surface area contributed by atoms with Gasteiger partial charge in [-0.15, -0.1) is 0 Å². The molecule has 0 bridgehead atoms. The van der Waals surface area contributed by atoms with Crippen molar-refractivity contribution in [1.82, 2.24) is 19.8 Å². The molecule has 154 valence electrons. The maximum Gasteiger partial charge on any atom is 0.321 e. The molecule has 1 saturated heterocycles. The van der Waals surface area contributed by atoms with Crippen LogP contribution in [0.3, 0.4) is 0 Å². The van der Waals surface area contributed by atoms with Crippen molar-refractivity contribution in [2.24, 2.45) is 0 Å². The SMILES string of the molecule is c1cnc(Oc2ccc3c(c2)CCCC3N2CCN(C3CCCCC3)CC2)nc1. The lowest BCUT2D eigenvalue weighted by molar-refractivity contribution is 0.0515. The number of nitrogens with zero attached hydrogens (tertiary/aromatic N) is 4. The molecule has 1 atom stereocenters. The molecule has 0 spiro atoms. The molecule has 1 unspecified atom stereocenters. The standard InChI is InChI=1S/C24H32N4O/c1-2-7-20(8-3-1)27-14-16-28(17-15-27)23-9-4-6-19-18-21(10-11-22(19)23)29-24-25-12-5-13-26-24/h5,10-13,18,20,23H,1-4,6-9,14-17H2. The molecule has 0 radical (unpaired) electrons. The highest BCUT2D eigenvalue weighted by molar-refractivity contribution is 5.40. The first-order chi connectivity index (χ1) is 14.4. The summed E-state index contributed by atoms with van der Waals surface area (Å²) in [6.45, 7) is 4.89. The Morgan fingerprint density at radius 3 is 2.38 bits per heavy atom. The van der Waals surface area contributed by atoms with Crippen LogP contribution in [0.2, 0.25) is 0 Å². The third-order valence-electron chi connectivity index (χ3n) is 7.03. The average molecular weight is 393 g/mol. The van der Waals surface area contributed by atoms with Gasteiger partial charge in [0.25, 0.3) is 0 Å².